The van der Waals surface area contributed by atoms with Crippen molar-refractivity contribution in [3.63, 3.8) is 0 Å². The quantitative estimate of drug-likeness (QED) is 0.427. The third-order valence-electron chi connectivity index (χ3n) is 3.38. The summed E-state index contributed by atoms with van der Waals surface area (Å²) in [6.45, 7) is 0. The number of anilines is 1. The summed E-state index contributed by atoms with van der Waals surface area (Å²) in [5.74, 6) is -2.60. The van der Waals surface area contributed by atoms with Gasteiger partial charge in [0.1, 0.15) is 33.3 Å². The molecule has 0 radical (unpaired) electrons. The van der Waals surface area contributed by atoms with Crippen molar-refractivity contribution >= 4 is 52.1 Å². The summed E-state index contributed by atoms with van der Waals surface area (Å²) in [4.78, 5) is 19.8. The average Bonchev–Trinajstić information content (AvgIpc) is 2.62. The molecule has 0 atom stereocenters. The first kappa shape index (κ1) is 20.8. The minimum atomic E-state index is -1.01. The van der Waals surface area contributed by atoms with Gasteiger partial charge in [0.2, 0.25) is 0 Å². The van der Waals surface area contributed by atoms with Gasteiger partial charge in [-0.3, -0.25) is 10.1 Å². The molecule has 0 unspecified atom stereocenters. The van der Waals surface area contributed by atoms with E-state index in [0.717, 1.165) is 18.2 Å². The van der Waals surface area contributed by atoms with Crippen molar-refractivity contribution in [3.8, 4) is 11.8 Å². The van der Waals surface area contributed by atoms with Crippen molar-refractivity contribution in [2.24, 2.45) is 0 Å². The SMILES string of the molecule is O=C(NC(=S)Nc1ccc(Oc2nc(Cl)cc(Cl)n2)cc1)c1c(F)cccc1F. The van der Waals surface area contributed by atoms with Gasteiger partial charge in [-0.1, -0.05) is 29.3 Å². The number of aromatic nitrogens is 2. The first-order chi connectivity index (χ1) is 13.8. The molecule has 2 N–H and O–H groups in total. The molecule has 1 amide bonds. The lowest BCUT2D eigenvalue weighted by Crippen LogP contribution is -2.35. The summed E-state index contributed by atoms with van der Waals surface area (Å²) in [6, 6.07) is 10.8. The number of hydrogen-bond donors (Lipinski definition) is 2. The van der Waals surface area contributed by atoms with E-state index in [2.05, 4.69) is 20.6 Å². The van der Waals surface area contributed by atoms with E-state index in [9.17, 15) is 13.6 Å². The highest BCUT2D eigenvalue weighted by atomic mass is 35.5. The molecular weight excluding hydrogens is 445 g/mol. The van der Waals surface area contributed by atoms with E-state index in [1.54, 1.807) is 24.3 Å². The minimum absolute atomic E-state index is 0.0297. The van der Waals surface area contributed by atoms with Gasteiger partial charge in [-0.2, -0.15) is 9.97 Å². The van der Waals surface area contributed by atoms with Crippen molar-refractivity contribution < 1.29 is 18.3 Å². The summed E-state index contributed by atoms with van der Waals surface area (Å²) in [5.41, 5.74) is -0.234. The Bertz CT molecular complexity index is 1040. The topological polar surface area (TPSA) is 76.1 Å². The van der Waals surface area contributed by atoms with Gasteiger partial charge in [-0.15, -0.1) is 0 Å². The molecule has 3 aromatic rings. The first-order valence-electron chi connectivity index (χ1n) is 7.86. The monoisotopic (exact) mass is 454 g/mol. The highest BCUT2D eigenvalue weighted by Crippen LogP contribution is 2.23. The van der Waals surface area contributed by atoms with Crippen LogP contribution < -0.4 is 15.4 Å². The molecule has 3 rings (SSSR count). The second kappa shape index (κ2) is 9.08. The van der Waals surface area contributed by atoms with Crippen LogP contribution in [0.15, 0.2) is 48.5 Å². The van der Waals surface area contributed by atoms with Crippen LogP contribution >= 0.6 is 35.4 Å². The van der Waals surface area contributed by atoms with E-state index in [1.807, 2.05) is 0 Å². The van der Waals surface area contributed by atoms with E-state index in [-0.39, 0.29) is 21.4 Å². The number of carbonyl (C=O) groups is 1. The second-order valence-corrected chi connectivity index (χ2v) is 6.61. The third-order valence-corrected chi connectivity index (χ3v) is 3.97. The summed E-state index contributed by atoms with van der Waals surface area (Å²) < 4.78 is 32.7. The number of halogens is 4. The van der Waals surface area contributed by atoms with Crippen LogP contribution in [0.2, 0.25) is 10.3 Å². The number of rotatable bonds is 4. The Morgan fingerprint density at radius 1 is 1.00 bits per heavy atom. The molecule has 0 aliphatic carbocycles. The highest BCUT2D eigenvalue weighted by Gasteiger charge is 2.18. The molecule has 6 nitrogen and oxygen atoms in total. The lowest BCUT2D eigenvalue weighted by atomic mass is 10.2. The predicted octanol–water partition coefficient (Wildman–Crippen LogP) is 4.98. The fraction of sp³-hybridized carbons (Fsp3) is 0. The van der Waals surface area contributed by atoms with Crippen LogP contribution in [-0.4, -0.2) is 21.0 Å². The van der Waals surface area contributed by atoms with Gasteiger partial charge in [-0.05, 0) is 48.6 Å². The Labute approximate surface area is 178 Å². The molecule has 0 fully saturated rings. The number of benzene rings is 2. The average molecular weight is 455 g/mol. The fourth-order valence-corrected chi connectivity index (χ4v) is 2.79. The van der Waals surface area contributed by atoms with Crippen LogP contribution in [0.25, 0.3) is 0 Å². The Balaban J connectivity index is 1.62. The standard InChI is InChI=1S/C18H10Cl2F2N4O2S/c19-13-8-14(20)25-17(24-13)28-10-6-4-9(5-7-10)23-18(29)26-16(27)15-11(21)2-1-3-12(15)22/h1-8H,(H2,23,26,27,29). The zero-order valence-electron chi connectivity index (χ0n) is 14.2. The van der Waals surface area contributed by atoms with Gasteiger partial charge < -0.3 is 10.1 Å². The van der Waals surface area contributed by atoms with E-state index >= 15 is 0 Å². The van der Waals surface area contributed by atoms with Crippen LogP contribution in [0.1, 0.15) is 10.4 Å². The largest absolute Gasteiger partial charge is 0.424 e. The molecule has 29 heavy (non-hydrogen) atoms. The van der Waals surface area contributed by atoms with E-state index in [0.29, 0.717) is 11.4 Å². The summed E-state index contributed by atoms with van der Waals surface area (Å²) >= 11 is 16.6. The number of nitrogens with one attached hydrogen (secondary N) is 2. The number of hydrogen-bond acceptors (Lipinski definition) is 5. The van der Waals surface area contributed by atoms with Gasteiger partial charge in [0.25, 0.3) is 5.91 Å². The number of amides is 1. The molecule has 0 saturated carbocycles. The maximum Gasteiger partial charge on any atom is 0.324 e. The zero-order chi connectivity index (χ0) is 21.0. The molecule has 2 aromatic carbocycles. The minimum Gasteiger partial charge on any atom is -0.424 e. The smallest absolute Gasteiger partial charge is 0.324 e. The summed E-state index contributed by atoms with van der Waals surface area (Å²) in [6.07, 6.45) is 0. The maximum atomic E-state index is 13.6. The Hall–Kier alpha value is -2.88. The van der Waals surface area contributed by atoms with Crippen LogP contribution in [-0.2, 0) is 0 Å². The molecule has 0 saturated heterocycles. The van der Waals surface area contributed by atoms with Gasteiger partial charge in [0.15, 0.2) is 5.11 Å². The Morgan fingerprint density at radius 2 is 1.59 bits per heavy atom. The van der Waals surface area contributed by atoms with Crippen LogP contribution in [0.3, 0.4) is 0 Å². The number of nitrogens with zero attached hydrogens (tertiary/aromatic N) is 2. The van der Waals surface area contributed by atoms with Crippen molar-refractivity contribution in [3.05, 3.63) is 76.0 Å². The lowest BCUT2D eigenvalue weighted by molar-refractivity contribution is 0.0969. The van der Waals surface area contributed by atoms with E-state index in [1.165, 1.54) is 6.07 Å². The maximum absolute atomic E-state index is 13.6. The second-order valence-electron chi connectivity index (χ2n) is 5.43. The van der Waals surface area contributed by atoms with Crippen molar-refractivity contribution in [1.82, 2.24) is 15.3 Å². The van der Waals surface area contributed by atoms with E-state index in [4.69, 9.17) is 40.2 Å². The van der Waals surface area contributed by atoms with Gasteiger partial charge in [0.05, 0.1) is 0 Å². The third kappa shape index (κ3) is 5.57. The summed E-state index contributed by atoms with van der Waals surface area (Å²) in [5, 5.41) is 5.05. The number of carbonyl (C=O) groups excluding carboxylic acids is 1. The highest BCUT2D eigenvalue weighted by molar-refractivity contribution is 7.80. The van der Waals surface area contributed by atoms with Gasteiger partial charge >= 0.3 is 6.01 Å². The molecule has 1 heterocycles. The molecule has 0 aliphatic rings. The lowest BCUT2D eigenvalue weighted by Gasteiger charge is -2.11. The predicted molar refractivity (Wildman–Crippen MR) is 109 cm³/mol. The first-order valence-corrected chi connectivity index (χ1v) is 9.02. The van der Waals surface area contributed by atoms with Gasteiger partial charge in [-0.25, -0.2) is 8.78 Å². The van der Waals surface area contributed by atoms with E-state index < -0.39 is 23.1 Å². The summed E-state index contributed by atoms with van der Waals surface area (Å²) in [7, 11) is 0. The number of ether oxygens (including phenoxy) is 1. The fourth-order valence-electron chi connectivity index (χ4n) is 2.17. The molecular formula is C18H10Cl2F2N4O2S. The number of thiocarbonyl (C=S) groups is 1. The molecule has 0 bridgehead atoms. The molecule has 0 aliphatic heterocycles. The normalized spacial score (nSPS) is 10.3. The zero-order valence-corrected chi connectivity index (χ0v) is 16.6. The Morgan fingerprint density at radius 3 is 2.17 bits per heavy atom. The van der Waals surface area contributed by atoms with Gasteiger partial charge in [0, 0.05) is 11.8 Å². The Kier molecular flexibility index (Phi) is 6.53. The van der Waals surface area contributed by atoms with Crippen molar-refractivity contribution in [2.75, 3.05) is 5.32 Å². The molecule has 0 spiro atoms. The van der Waals surface area contributed by atoms with Crippen molar-refractivity contribution in [2.45, 2.75) is 0 Å². The van der Waals surface area contributed by atoms with Crippen LogP contribution in [0, 0.1) is 11.6 Å². The van der Waals surface area contributed by atoms with Crippen molar-refractivity contribution in [1.29, 1.82) is 0 Å². The van der Waals surface area contributed by atoms with Crippen LogP contribution in [0.4, 0.5) is 14.5 Å². The van der Waals surface area contributed by atoms with Crippen LogP contribution in [0.5, 0.6) is 11.8 Å². The molecule has 11 heteroatoms. The molecule has 1 aromatic heterocycles. The molecule has 148 valence electrons.